The van der Waals surface area contributed by atoms with Crippen LogP contribution in [0.15, 0.2) is 42.5 Å². The van der Waals surface area contributed by atoms with E-state index in [4.69, 9.17) is 16.3 Å². The summed E-state index contributed by atoms with van der Waals surface area (Å²) < 4.78 is 18.9. The second-order valence-electron chi connectivity index (χ2n) is 7.86. The predicted octanol–water partition coefficient (Wildman–Crippen LogP) is 3.68. The van der Waals surface area contributed by atoms with Crippen molar-refractivity contribution in [3.63, 3.8) is 0 Å². The minimum Gasteiger partial charge on any atom is -0.494 e. The van der Waals surface area contributed by atoms with Crippen LogP contribution in [-0.2, 0) is 11.3 Å². The van der Waals surface area contributed by atoms with Gasteiger partial charge in [0.25, 0.3) is 5.91 Å². The molecule has 0 aromatic heterocycles. The summed E-state index contributed by atoms with van der Waals surface area (Å²) in [6.07, 6.45) is 2.51. The van der Waals surface area contributed by atoms with E-state index in [0.29, 0.717) is 49.7 Å². The van der Waals surface area contributed by atoms with Gasteiger partial charge in [-0.2, -0.15) is 11.8 Å². The SMILES string of the molecule is COc1ccc(CN2CCN(C(=O)C(CCSC)NC(=O)c3ccccc3Cl)CC2)cc1F. The molecule has 9 heteroatoms. The number of halogens is 2. The Morgan fingerprint density at radius 2 is 1.91 bits per heavy atom. The van der Waals surface area contributed by atoms with Crippen LogP contribution in [0.2, 0.25) is 5.02 Å². The van der Waals surface area contributed by atoms with Gasteiger partial charge < -0.3 is 15.0 Å². The van der Waals surface area contributed by atoms with E-state index in [1.54, 1.807) is 47.0 Å². The fourth-order valence-electron chi connectivity index (χ4n) is 3.79. The third-order valence-electron chi connectivity index (χ3n) is 5.64. The Balaban J connectivity index is 1.58. The highest BCUT2D eigenvalue weighted by Gasteiger charge is 2.29. The number of nitrogens with zero attached hydrogens (tertiary/aromatic N) is 2. The summed E-state index contributed by atoms with van der Waals surface area (Å²) in [6.45, 7) is 3.05. The van der Waals surface area contributed by atoms with Gasteiger partial charge in [-0.3, -0.25) is 14.5 Å². The zero-order valence-corrected chi connectivity index (χ0v) is 20.4. The van der Waals surface area contributed by atoms with Crippen LogP contribution in [0.25, 0.3) is 0 Å². The van der Waals surface area contributed by atoms with Crippen LogP contribution >= 0.6 is 23.4 Å². The molecule has 1 N–H and O–H groups in total. The monoisotopic (exact) mass is 493 g/mol. The van der Waals surface area contributed by atoms with Crippen LogP contribution in [0.4, 0.5) is 4.39 Å². The van der Waals surface area contributed by atoms with Gasteiger partial charge in [0, 0.05) is 32.7 Å². The minimum atomic E-state index is -0.608. The molecule has 0 bridgehead atoms. The third kappa shape index (κ3) is 6.85. The maximum Gasteiger partial charge on any atom is 0.253 e. The van der Waals surface area contributed by atoms with Gasteiger partial charge in [0.1, 0.15) is 6.04 Å². The van der Waals surface area contributed by atoms with Crippen LogP contribution in [0.1, 0.15) is 22.3 Å². The van der Waals surface area contributed by atoms with Gasteiger partial charge in [0.15, 0.2) is 11.6 Å². The molecule has 6 nitrogen and oxygen atoms in total. The fraction of sp³-hybridized carbons (Fsp3) is 0.417. The van der Waals surface area contributed by atoms with Gasteiger partial charge in [0.2, 0.25) is 5.91 Å². The van der Waals surface area contributed by atoms with Gasteiger partial charge >= 0.3 is 0 Å². The van der Waals surface area contributed by atoms with E-state index in [1.165, 1.54) is 13.2 Å². The van der Waals surface area contributed by atoms with Gasteiger partial charge in [-0.05, 0) is 48.3 Å². The molecule has 0 aliphatic carbocycles. The lowest BCUT2D eigenvalue weighted by molar-refractivity contribution is -0.135. The molecule has 1 aliphatic heterocycles. The van der Waals surface area contributed by atoms with Gasteiger partial charge in [0.05, 0.1) is 17.7 Å². The molecule has 2 aromatic rings. The van der Waals surface area contributed by atoms with Crippen LogP contribution in [0.5, 0.6) is 5.75 Å². The average molecular weight is 494 g/mol. The number of thioether (sulfide) groups is 1. The molecule has 1 unspecified atom stereocenters. The Bertz CT molecular complexity index is 970. The second-order valence-corrected chi connectivity index (χ2v) is 9.25. The smallest absolute Gasteiger partial charge is 0.253 e. The molecule has 33 heavy (non-hydrogen) atoms. The van der Waals surface area contributed by atoms with Crippen molar-refractivity contribution in [3.8, 4) is 5.75 Å². The molecule has 178 valence electrons. The molecule has 0 radical (unpaired) electrons. The van der Waals surface area contributed by atoms with Crippen molar-refractivity contribution >= 4 is 35.2 Å². The van der Waals surface area contributed by atoms with Crippen molar-refractivity contribution in [2.45, 2.75) is 19.0 Å². The van der Waals surface area contributed by atoms with Crippen LogP contribution < -0.4 is 10.1 Å². The molecular formula is C24H29ClFN3O3S. The molecule has 1 saturated heterocycles. The standard InChI is InChI=1S/C24H29ClFN3O3S/c1-32-22-8-7-17(15-20(22)26)16-28-10-12-29(13-11-28)24(31)21(9-14-33-2)27-23(30)18-5-3-4-6-19(18)25/h3-8,15,21H,9-14,16H2,1-2H3,(H,27,30). The number of carbonyl (C=O) groups excluding carboxylic acids is 2. The molecular weight excluding hydrogens is 465 g/mol. The molecule has 1 aliphatic rings. The summed E-state index contributed by atoms with van der Waals surface area (Å²) in [4.78, 5) is 29.9. The highest BCUT2D eigenvalue weighted by Crippen LogP contribution is 2.20. The first-order valence-electron chi connectivity index (χ1n) is 10.8. The number of methoxy groups -OCH3 is 1. The lowest BCUT2D eigenvalue weighted by Crippen LogP contribution is -2.55. The summed E-state index contributed by atoms with van der Waals surface area (Å²) >= 11 is 7.78. The van der Waals surface area contributed by atoms with Crippen molar-refractivity contribution in [1.29, 1.82) is 0 Å². The lowest BCUT2D eigenvalue weighted by Gasteiger charge is -2.36. The number of amides is 2. The van der Waals surface area contributed by atoms with E-state index in [9.17, 15) is 14.0 Å². The molecule has 1 heterocycles. The fourth-order valence-corrected chi connectivity index (χ4v) is 4.48. The summed E-state index contributed by atoms with van der Waals surface area (Å²) in [5.74, 6) is 0.168. The number of ether oxygens (including phenoxy) is 1. The Morgan fingerprint density at radius 3 is 2.55 bits per heavy atom. The number of hydrogen-bond acceptors (Lipinski definition) is 5. The molecule has 1 fully saturated rings. The first-order chi connectivity index (χ1) is 15.9. The zero-order chi connectivity index (χ0) is 23.8. The average Bonchev–Trinajstić information content (AvgIpc) is 2.82. The molecule has 2 aromatic carbocycles. The normalized spacial score (nSPS) is 15.2. The first-order valence-corrected chi connectivity index (χ1v) is 12.6. The largest absolute Gasteiger partial charge is 0.494 e. The van der Waals surface area contributed by atoms with Crippen LogP contribution in [-0.4, -0.2) is 73.0 Å². The molecule has 2 amide bonds. The zero-order valence-electron chi connectivity index (χ0n) is 18.9. The topological polar surface area (TPSA) is 61.9 Å². The molecule has 3 rings (SSSR count). The highest BCUT2D eigenvalue weighted by molar-refractivity contribution is 7.98. The highest BCUT2D eigenvalue weighted by atomic mass is 35.5. The number of nitrogens with one attached hydrogen (secondary N) is 1. The number of hydrogen-bond donors (Lipinski definition) is 1. The summed E-state index contributed by atoms with van der Waals surface area (Å²) in [5.41, 5.74) is 1.22. The third-order valence-corrected chi connectivity index (χ3v) is 6.61. The quantitative estimate of drug-likeness (QED) is 0.577. The van der Waals surface area contributed by atoms with Crippen LogP contribution in [0.3, 0.4) is 0 Å². The Labute approximate surface area is 203 Å². The van der Waals surface area contributed by atoms with E-state index in [1.807, 2.05) is 12.3 Å². The van der Waals surface area contributed by atoms with Crippen molar-refractivity contribution in [2.24, 2.45) is 0 Å². The molecule has 1 atom stereocenters. The van der Waals surface area contributed by atoms with Crippen molar-refractivity contribution in [3.05, 3.63) is 64.4 Å². The van der Waals surface area contributed by atoms with Gasteiger partial charge in [-0.1, -0.05) is 29.8 Å². The van der Waals surface area contributed by atoms with Crippen molar-refractivity contribution < 1.29 is 18.7 Å². The van der Waals surface area contributed by atoms with Crippen molar-refractivity contribution in [2.75, 3.05) is 45.3 Å². The second kappa shape index (κ2) is 12.3. The summed E-state index contributed by atoms with van der Waals surface area (Å²) in [7, 11) is 1.44. The predicted molar refractivity (Wildman–Crippen MR) is 131 cm³/mol. The Hall–Kier alpha value is -2.29. The minimum absolute atomic E-state index is 0.0837. The number of carbonyl (C=O) groups is 2. The number of rotatable bonds is 9. The van der Waals surface area contributed by atoms with Crippen LogP contribution in [0, 0.1) is 5.82 Å². The summed E-state index contributed by atoms with van der Waals surface area (Å²) in [6, 6.07) is 11.2. The van der Waals surface area contributed by atoms with E-state index in [2.05, 4.69) is 10.2 Å². The Morgan fingerprint density at radius 1 is 1.18 bits per heavy atom. The van der Waals surface area contributed by atoms with Crippen molar-refractivity contribution in [1.82, 2.24) is 15.1 Å². The van der Waals surface area contributed by atoms with E-state index >= 15 is 0 Å². The lowest BCUT2D eigenvalue weighted by atomic mass is 10.1. The van der Waals surface area contributed by atoms with E-state index < -0.39 is 6.04 Å². The number of piperazine rings is 1. The van der Waals surface area contributed by atoms with Gasteiger partial charge in [-0.15, -0.1) is 0 Å². The first kappa shape index (κ1) is 25.3. The molecule has 0 spiro atoms. The van der Waals surface area contributed by atoms with E-state index in [0.717, 1.165) is 11.3 Å². The maximum absolute atomic E-state index is 14.0. The van der Waals surface area contributed by atoms with Gasteiger partial charge in [-0.25, -0.2) is 4.39 Å². The Kier molecular flexibility index (Phi) is 9.41. The maximum atomic E-state index is 14.0. The molecule has 0 saturated carbocycles. The van der Waals surface area contributed by atoms with E-state index in [-0.39, 0.29) is 23.4 Å². The number of benzene rings is 2. The summed E-state index contributed by atoms with van der Waals surface area (Å²) in [5, 5.41) is 3.24.